The molecule has 0 aliphatic carbocycles. The van der Waals surface area contributed by atoms with Gasteiger partial charge in [0.2, 0.25) is 11.9 Å². The molecule has 0 amide bonds. The summed E-state index contributed by atoms with van der Waals surface area (Å²) in [5.74, 6) is 5.74. The minimum absolute atomic E-state index is 0.164. The Hall–Kier alpha value is -2.56. The second-order valence-corrected chi connectivity index (χ2v) is 11.9. The van der Waals surface area contributed by atoms with E-state index in [9.17, 15) is 4.21 Å². The third-order valence-corrected chi connectivity index (χ3v) is 9.35. The molecule has 11 heteroatoms. The van der Waals surface area contributed by atoms with Gasteiger partial charge in [-0.2, -0.15) is 0 Å². The molecule has 0 spiro atoms. The van der Waals surface area contributed by atoms with Gasteiger partial charge in [0.15, 0.2) is 0 Å². The maximum atomic E-state index is 12.9. The molecule has 2 atom stereocenters. The number of unbranched alkanes of at least 4 members (excludes halogenated alkanes) is 1. The second-order valence-electron chi connectivity index (χ2n) is 8.08. The average Bonchev–Trinajstić information content (AvgIpc) is 3.40. The molecule has 33 heavy (non-hydrogen) atoms. The van der Waals surface area contributed by atoms with Crippen LogP contribution in [-0.2, 0) is 15.2 Å². The monoisotopic (exact) mass is 507 g/mol. The zero-order valence-corrected chi connectivity index (χ0v) is 21.1. The molecule has 8 nitrogen and oxygen atoms in total. The molecule has 0 saturated carbocycles. The van der Waals surface area contributed by atoms with Gasteiger partial charge >= 0.3 is 0 Å². The fraction of sp³-hybridized carbons (Fsp3) is 0.364. The van der Waals surface area contributed by atoms with E-state index in [0.717, 1.165) is 29.0 Å². The fourth-order valence-corrected chi connectivity index (χ4v) is 6.79. The number of thiophene rings is 1. The van der Waals surface area contributed by atoms with E-state index >= 15 is 0 Å². The minimum atomic E-state index is -2.62. The number of benzene rings is 1. The summed E-state index contributed by atoms with van der Waals surface area (Å²) >= 11 is 7.92. The molecule has 3 aromatic rings. The van der Waals surface area contributed by atoms with Crippen molar-refractivity contribution in [3.8, 4) is 28.0 Å². The quantitative estimate of drug-likeness (QED) is 0.375. The van der Waals surface area contributed by atoms with Crippen LogP contribution in [0, 0.1) is 0 Å². The molecule has 1 aromatic carbocycles. The fourth-order valence-electron chi connectivity index (χ4n) is 3.49. The molecule has 1 unspecified atom stereocenters. The van der Waals surface area contributed by atoms with Gasteiger partial charge in [-0.15, -0.1) is 21.5 Å². The summed E-state index contributed by atoms with van der Waals surface area (Å²) in [6, 6.07) is 9.29. The molecule has 0 bridgehead atoms. The summed E-state index contributed by atoms with van der Waals surface area (Å²) in [7, 11) is -0.994. The normalized spacial score (nSPS) is 22.9. The summed E-state index contributed by atoms with van der Waals surface area (Å²) in [6.45, 7) is 4.66. The van der Waals surface area contributed by atoms with Crippen LogP contribution in [0.1, 0.15) is 31.6 Å². The molecule has 0 fully saturated rings. The lowest BCUT2D eigenvalue weighted by Crippen LogP contribution is -2.50. The third kappa shape index (κ3) is 4.73. The van der Waals surface area contributed by atoms with Crippen LogP contribution in [0.3, 0.4) is 0 Å². The van der Waals surface area contributed by atoms with Crippen molar-refractivity contribution in [1.82, 2.24) is 14.5 Å². The van der Waals surface area contributed by atoms with Crippen LogP contribution in [0.4, 0.5) is 0 Å². The van der Waals surface area contributed by atoms with E-state index in [1.54, 1.807) is 13.1 Å². The number of hydrogen-bond acceptors (Lipinski definition) is 8. The first-order valence-electron chi connectivity index (χ1n) is 10.4. The van der Waals surface area contributed by atoms with E-state index < -0.39 is 15.2 Å². The molecule has 176 valence electrons. The zero-order valence-electron chi connectivity index (χ0n) is 18.7. The highest BCUT2D eigenvalue weighted by Gasteiger charge is 2.40. The Labute approximate surface area is 202 Å². The Morgan fingerprint density at radius 3 is 2.70 bits per heavy atom. The minimum Gasteiger partial charge on any atom is -0.494 e. The van der Waals surface area contributed by atoms with E-state index in [-0.39, 0.29) is 11.7 Å². The Balaban J connectivity index is 1.59. The number of aliphatic imine (C=N–C) groups is 1. The van der Waals surface area contributed by atoms with Gasteiger partial charge in [-0.25, -0.2) is 9.20 Å². The van der Waals surface area contributed by atoms with Crippen LogP contribution in [0.15, 0.2) is 39.7 Å². The van der Waals surface area contributed by atoms with Gasteiger partial charge in [0.05, 0.1) is 36.8 Å². The Bertz CT molecular complexity index is 1280. The molecular weight excluding hydrogens is 482 g/mol. The van der Waals surface area contributed by atoms with Crippen molar-refractivity contribution in [3.05, 3.63) is 40.2 Å². The third-order valence-electron chi connectivity index (χ3n) is 5.37. The molecule has 1 aliphatic rings. The lowest BCUT2D eigenvalue weighted by atomic mass is 10.0. The molecule has 0 radical (unpaired) electrons. The van der Waals surface area contributed by atoms with Crippen LogP contribution < -0.4 is 10.5 Å². The molecular formula is C22H26ClN5O3S2. The van der Waals surface area contributed by atoms with Crippen LogP contribution in [0.2, 0.25) is 5.02 Å². The first kappa shape index (κ1) is 23.6. The standard InChI is InChI=1S/C22H26ClN5O3S2/c1-5-6-11-30-15-9-7-14(8-10-15)19-26-27-20(31-19)17-12-16(23)18(32-17)22(2)13-33(4,29)28(3)21(24)25-22/h7-10,12H,4-6,11,13H2,1-3H3,(H2,24,25)/t22-,33?/m0/s1. The summed E-state index contributed by atoms with van der Waals surface area (Å²) in [6.07, 6.45) is 2.10. The van der Waals surface area contributed by atoms with Gasteiger partial charge in [-0.3, -0.25) is 4.31 Å². The smallest absolute Gasteiger partial charge is 0.258 e. The lowest BCUT2D eigenvalue weighted by molar-refractivity contribution is 0.309. The first-order chi connectivity index (χ1) is 15.6. The van der Waals surface area contributed by atoms with Crippen molar-refractivity contribution in [2.75, 3.05) is 19.4 Å². The Morgan fingerprint density at radius 2 is 2.03 bits per heavy atom. The molecule has 2 N–H and O–H groups in total. The van der Waals surface area contributed by atoms with Crippen molar-refractivity contribution in [2.45, 2.75) is 32.2 Å². The predicted molar refractivity (Wildman–Crippen MR) is 135 cm³/mol. The summed E-state index contributed by atoms with van der Waals surface area (Å²) < 4.78 is 26.0. The predicted octanol–water partition coefficient (Wildman–Crippen LogP) is 4.40. The van der Waals surface area contributed by atoms with Gasteiger partial charge in [0.1, 0.15) is 11.3 Å². The summed E-state index contributed by atoms with van der Waals surface area (Å²) in [4.78, 5) is 5.98. The van der Waals surface area contributed by atoms with Crippen LogP contribution >= 0.6 is 22.9 Å². The molecule has 1 aliphatic heterocycles. The van der Waals surface area contributed by atoms with Gasteiger partial charge in [-0.05, 0) is 49.5 Å². The highest BCUT2D eigenvalue weighted by molar-refractivity contribution is 7.98. The van der Waals surface area contributed by atoms with Crippen LogP contribution in [0.5, 0.6) is 5.75 Å². The van der Waals surface area contributed by atoms with E-state index in [2.05, 4.69) is 28.0 Å². The number of halogens is 1. The van der Waals surface area contributed by atoms with E-state index in [1.165, 1.54) is 15.6 Å². The van der Waals surface area contributed by atoms with Crippen molar-refractivity contribution in [2.24, 2.45) is 10.7 Å². The summed E-state index contributed by atoms with van der Waals surface area (Å²) in [5, 5.41) is 8.84. The number of guanidine groups is 1. The van der Waals surface area contributed by atoms with E-state index in [0.29, 0.717) is 28.3 Å². The van der Waals surface area contributed by atoms with Crippen LogP contribution in [-0.4, -0.2) is 49.9 Å². The number of nitrogens with zero attached hydrogens (tertiary/aromatic N) is 4. The number of hydrogen-bond donors (Lipinski definition) is 1. The highest BCUT2D eigenvalue weighted by atomic mass is 35.5. The number of ether oxygens (including phenoxy) is 1. The van der Waals surface area contributed by atoms with Crippen molar-refractivity contribution in [1.29, 1.82) is 0 Å². The van der Waals surface area contributed by atoms with Crippen molar-refractivity contribution >= 4 is 44.5 Å². The molecule has 2 aromatic heterocycles. The highest BCUT2D eigenvalue weighted by Crippen LogP contribution is 2.44. The maximum absolute atomic E-state index is 12.9. The van der Waals surface area contributed by atoms with E-state index in [1.807, 2.05) is 31.2 Å². The lowest BCUT2D eigenvalue weighted by Gasteiger charge is -2.36. The first-order valence-corrected chi connectivity index (χ1v) is 13.5. The molecule has 0 saturated heterocycles. The zero-order chi connectivity index (χ0) is 23.8. The van der Waals surface area contributed by atoms with Gasteiger partial charge < -0.3 is 14.9 Å². The second kappa shape index (κ2) is 9.00. The average molecular weight is 508 g/mol. The number of rotatable bonds is 7. The maximum Gasteiger partial charge on any atom is 0.258 e. The van der Waals surface area contributed by atoms with Gasteiger partial charge in [0.25, 0.3) is 5.89 Å². The SMILES string of the molecule is C=S1(=O)C[C@@](C)(c2sc(-c3nnc(-c4ccc(OCCCC)cc4)o3)cc2Cl)N=C(N)N1C. The topological polar surface area (TPSA) is 107 Å². The molecule has 3 heterocycles. The van der Waals surface area contributed by atoms with Gasteiger partial charge in [0, 0.05) is 12.6 Å². The van der Waals surface area contributed by atoms with Crippen molar-refractivity contribution in [3.63, 3.8) is 0 Å². The van der Waals surface area contributed by atoms with Gasteiger partial charge in [-0.1, -0.05) is 24.9 Å². The summed E-state index contributed by atoms with van der Waals surface area (Å²) in [5.41, 5.74) is 5.93. The van der Waals surface area contributed by atoms with E-state index in [4.69, 9.17) is 26.5 Å². The number of nitrogens with two attached hydrogens (primary N) is 1. The molecule has 4 rings (SSSR count). The van der Waals surface area contributed by atoms with Crippen molar-refractivity contribution < 1.29 is 13.4 Å². The Kier molecular flexibility index (Phi) is 6.43. The Morgan fingerprint density at radius 1 is 1.33 bits per heavy atom. The largest absolute Gasteiger partial charge is 0.494 e. The van der Waals surface area contributed by atoms with Crippen LogP contribution in [0.25, 0.3) is 22.2 Å². The number of aromatic nitrogens is 2.